The molecule has 124 valence electrons. The molecule has 0 atom stereocenters. The number of aryl methyl sites for hydroxylation is 1. The van der Waals surface area contributed by atoms with Crippen LogP contribution in [-0.4, -0.2) is 16.9 Å². The first-order valence-corrected chi connectivity index (χ1v) is 8.95. The van der Waals surface area contributed by atoms with E-state index in [1.807, 2.05) is 12.1 Å². The predicted molar refractivity (Wildman–Crippen MR) is 100 cm³/mol. The normalized spacial score (nSPS) is 15.3. The summed E-state index contributed by atoms with van der Waals surface area (Å²) in [5.74, 6) is 1.01. The lowest BCUT2D eigenvalue weighted by Gasteiger charge is -2.18. The second-order valence-electron chi connectivity index (χ2n) is 6.44. The van der Waals surface area contributed by atoms with E-state index in [1.165, 1.54) is 5.56 Å². The minimum Gasteiger partial charge on any atom is -0.493 e. The van der Waals surface area contributed by atoms with Crippen molar-refractivity contribution in [2.45, 2.75) is 19.4 Å². The number of fused-ring (bicyclic) bond motifs is 4. The molecule has 0 fully saturated rings. The number of halogens is 1. The summed E-state index contributed by atoms with van der Waals surface area (Å²) in [6.07, 6.45) is 4.21. The van der Waals surface area contributed by atoms with E-state index < -0.39 is 0 Å². The number of ether oxygens (including phenoxy) is 1. The first-order chi connectivity index (χ1) is 12.3. The van der Waals surface area contributed by atoms with Crippen LogP contribution in [-0.2, 0) is 13.0 Å². The molecule has 2 aliphatic rings. The number of nitrogens with zero attached hydrogens (tertiary/aromatic N) is 2. The highest BCUT2D eigenvalue weighted by Crippen LogP contribution is 2.31. The Morgan fingerprint density at radius 3 is 3.00 bits per heavy atom. The lowest BCUT2D eigenvalue weighted by atomic mass is 9.99. The van der Waals surface area contributed by atoms with Gasteiger partial charge in [0, 0.05) is 22.3 Å². The summed E-state index contributed by atoms with van der Waals surface area (Å²) >= 11 is 6.44. The van der Waals surface area contributed by atoms with Gasteiger partial charge in [0.2, 0.25) is 0 Å². The van der Waals surface area contributed by atoms with E-state index in [1.54, 1.807) is 0 Å². The molecule has 5 rings (SSSR count). The van der Waals surface area contributed by atoms with Crippen molar-refractivity contribution in [1.29, 1.82) is 0 Å². The zero-order valence-corrected chi connectivity index (χ0v) is 14.5. The van der Waals surface area contributed by atoms with Crippen LogP contribution < -0.4 is 4.74 Å². The van der Waals surface area contributed by atoms with Crippen molar-refractivity contribution < 1.29 is 4.74 Å². The van der Waals surface area contributed by atoms with Gasteiger partial charge in [0.25, 0.3) is 0 Å². The molecule has 2 aromatic carbocycles. The molecule has 3 heterocycles. The van der Waals surface area contributed by atoms with Crippen molar-refractivity contribution in [2.75, 3.05) is 6.61 Å². The molecule has 1 aromatic heterocycles. The minimum atomic E-state index is 0.583. The molecule has 0 aliphatic carbocycles. The molecular formula is C21H17ClN2O. The van der Waals surface area contributed by atoms with Crippen molar-refractivity contribution in [3.63, 3.8) is 0 Å². The van der Waals surface area contributed by atoms with Crippen molar-refractivity contribution in [1.82, 2.24) is 4.57 Å². The highest BCUT2D eigenvalue weighted by molar-refractivity contribution is 6.31. The zero-order valence-electron chi connectivity index (χ0n) is 13.7. The van der Waals surface area contributed by atoms with Gasteiger partial charge in [-0.2, -0.15) is 0 Å². The molecule has 0 amide bonds. The van der Waals surface area contributed by atoms with Crippen molar-refractivity contribution >= 4 is 17.3 Å². The van der Waals surface area contributed by atoms with Gasteiger partial charge in [-0.05, 0) is 60.9 Å². The van der Waals surface area contributed by atoms with Crippen molar-refractivity contribution in [3.05, 3.63) is 82.1 Å². The van der Waals surface area contributed by atoms with Gasteiger partial charge in [0.05, 0.1) is 30.2 Å². The Hall–Kier alpha value is -2.52. The summed E-state index contributed by atoms with van der Waals surface area (Å²) in [6, 6.07) is 16.6. The number of benzene rings is 2. The Balaban J connectivity index is 1.68. The molecule has 4 heteroatoms. The molecule has 25 heavy (non-hydrogen) atoms. The average Bonchev–Trinajstić information content (AvgIpc) is 3.06. The van der Waals surface area contributed by atoms with Gasteiger partial charge in [0.15, 0.2) is 0 Å². The standard InChI is InChI=1S/C21H17ClN2O/c22-17-5-1-6-18-16(17)13-23-21(19-7-2-10-24(18)19)15-8-9-20-14(12-15)4-3-11-25-20/h1-2,5-10,12H,3-4,11,13H2. The van der Waals surface area contributed by atoms with E-state index in [4.69, 9.17) is 21.3 Å². The van der Waals surface area contributed by atoms with E-state index in [9.17, 15) is 0 Å². The van der Waals surface area contributed by atoms with E-state index in [-0.39, 0.29) is 0 Å². The van der Waals surface area contributed by atoms with Crippen molar-refractivity contribution in [3.8, 4) is 11.4 Å². The van der Waals surface area contributed by atoms with Gasteiger partial charge in [-0.25, -0.2) is 0 Å². The topological polar surface area (TPSA) is 26.5 Å². The number of aromatic nitrogens is 1. The van der Waals surface area contributed by atoms with Crippen LogP contribution in [0.15, 0.2) is 59.7 Å². The fourth-order valence-electron chi connectivity index (χ4n) is 3.70. The largest absolute Gasteiger partial charge is 0.493 e. The third-order valence-electron chi connectivity index (χ3n) is 4.92. The van der Waals surface area contributed by atoms with Crippen LogP contribution in [0, 0.1) is 0 Å². The third kappa shape index (κ3) is 2.38. The van der Waals surface area contributed by atoms with Crippen LogP contribution in [0.4, 0.5) is 0 Å². The Bertz CT molecular complexity index is 1000. The van der Waals surface area contributed by atoms with Crippen molar-refractivity contribution in [2.24, 2.45) is 4.99 Å². The van der Waals surface area contributed by atoms with E-state index in [0.29, 0.717) is 6.54 Å². The van der Waals surface area contributed by atoms with Crippen LogP contribution in [0.1, 0.15) is 28.8 Å². The molecule has 0 saturated heterocycles. The summed E-state index contributed by atoms with van der Waals surface area (Å²) in [5.41, 5.74) is 6.67. The number of hydrogen-bond donors (Lipinski definition) is 0. The maximum absolute atomic E-state index is 6.44. The van der Waals surface area contributed by atoms with Gasteiger partial charge in [-0.15, -0.1) is 0 Å². The SMILES string of the molecule is Clc1cccc2c1CN=C(c1ccc3c(c1)CCCO3)c1cccn1-2. The molecule has 0 bridgehead atoms. The number of hydrogen-bond acceptors (Lipinski definition) is 2. The second kappa shape index (κ2) is 5.78. The first-order valence-electron chi connectivity index (χ1n) is 8.57. The maximum atomic E-state index is 6.44. The molecule has 3 aromatic rings. The maximum Gasteiger partial charge on any atom is 0.122 e. The van der Waals surface area contributed by atoms with Gasteiger partial charge in [-0.3, -0.25) is 4.99 Å². The monoisotopic (exact) mass is 348 g/mol. The molecule has 3 nitrogen and oxygen atoms in total. The average molecular weight is 349 g/mol. The lowest BCUT2D eigenvalue weighted by molar-refractivity contribution is 0.288. The number of aliphatic imine (C=N–C) groups is 1. The quantitative estimate of drug-likeness (QED) is 0.620. The fourth-order valence-corrected chi connectivity index (χ4v) is 3.93. The van der Waals surface area contributed by atoms with Crippen LogP contribution in [0.3, 0.4) is 0 Å². The minimum absolute atomic E-state index is 0.583. The molecule has 0 radical (unpaired) electrons. The second-order valence-corrected chi connectivity index (χ2v) is 6.85. The van der Waals surface area contributed by atoms with Gasteiger partial charge >= 0.3 is 0 Å². The molecular weight excluding hydrogens is 332 g/mol. The first kappa shape index (κ1) is 14.8. The summed E-state index contributed by atoms with van der Waals surface area (Å²) in [5, 5.41) is 0.765. The zero-order chi connectivity index (χ0) is 16.8. The molecule has 2 aliphatic heterocycles. The molecule has 0 saturated carbocycles. The van der Waals surface area contributed by atoms with E-state index in [0.717, 1.165) is 58.4 Å². The Kier molecular flexibility index (Phi) is 3.42. The highest BCUT2D eigenvalue weighted by atomic mass is 35.5. The van der Waals surface area contributed by atoms with E-state index >= 15 is 0 Å². The van der Waals surface area contributed by atoms with Crippen LogP contribution >= 0.6 is 11.6 Å². The molecule has 0 unspecified atom stereocenters. The highest BCUT2D eigenvalue weighted by Gasteiger charge is 2.21. The number of rotatable bonds is 1. The van der Waals surface area contributed by atoms with Gasteiger partial charge in [-0.1, -0.05) is 17.7 Å². The summed E-state index contributed by atoms with van der Waals surface area (Å²) in [4.78, 5) is 4.93. The lowest BCUT2D eigenvalue weighted by Crippen LogP contribution is -2.12. The Morgan fingerprint density at radius 1 is 1.08 bits per heavy atom. The summed E-state index contributed by atoms with van der Waals surface area (Å²) < 4.78 is 7.93. The van der Waals surface area contributed by atoms with Crippen LogP contribution in [0.5, 0.6) is 5.75 Å². The van der Waals surface area contributed by atoms with E-state index in [2.05, 4.69) is 47.2 Å². The summed E-state index contributed by atoms with van der Waals surface area (Å²) in [6.45, 7) is 1.39. The fraction of sp³-hybridized carbons (Fsp3) is 0.190. The van der Waals surface area contributed by atoms with Gasteiger partial charge < -0.3 is 9.30 Å². The van der Waals surface area contributed by atoms with Crippen LogP contribution in [0.25, 0.3) is 5.69 Å². The Labute approximate surface area is 151 Å². The summed E-state index contributed by atoms with van der Waals surface area (Å²) in [7, 11) is 0. The smallest absolute Gasteiger partial charge is 0.122 e. The van der Waals surface area contributed by atoms with Crippen LogP contribution in [0.2, 0.25) is 5.02 Å². The van der Waals surface area contributed by atoms with Gasteiger partial charge in [0.1, 0.15) is 5.75 Å². The predicted octanol–water partition coefficient (Wildman–Crippen LogP) is 4.81. The molecule has 0 spiro atoms. The molecule has 0 N–H and O–H groups in total. The third-order valence-corrected chi connectivity index (χ3v) is 5.28. The Morgan fingerprint density at radius 2 is 2.04 bits per heavy atom.